The van der Waals surface area contributed by atoms with Gasteiger partial charge in [0.25, 0.3) is 0 Å². The zero-order chi connectivity index (χ0) is 33.0. The zero-order valence-electron chi connectivity index (χ0n) is 26.5. The van der Waals surface area contributed by atoms with E-state index < -0.39 is 7.92 Å². The second-order valence-electron chi connectivity index (χ2n) is 10.8. The maximum atomic E-state index is 12.5. The standard InChI is InChI=1S/C18H14ClNO2.C18H15P.C6H5.Ni/c1-10-7-11(2)17(14(19)8-10)20-15-9-16(21)12-5-3-4-6-13(12)18(15)22;1-4-10-16(11-5-1)19(17-12-6-2-7-13-17)18-14-8-3-9-15-18;1-2-4-6-5-3-1;/h3-9H,1-2H3,(H,20,21);1-15H;1-5H;/q;;-1;+2. The number of carbonyl (C=O) groups excluding carboxylic acids is 2. The van der Waals surface area contributed by atoms with Gasteiger partial charge in [-0.2, -0.15) is 36.4 Å². The summed E-state index contributed by atoms with van der Waals surface area (Å²) in [6.45, 7) is 3.81. The number of benzene rings is 6. The molecule has 0 unspecified atom stereocenters. The van der Waals surface area contributed by atoms with Crippen molar-refractivity contribution in [2.75, 3.05) is 0 Å². The van der Waals surface area contributed by atoms with Crippen LogP contribution in [-0.4, -0.2) is 11.6 Å². The molecule has 48 heavy (non-hydrogen) atoms. The fourth-order valence-corrected chi connectivity index (χ4v) is 8.15. The molecule has 1 aliphatic rings. The molecule has 0 heterocycles. The molecule has 0 aromatic heterocycles. The molecule has 0 atom stereocenters. The normalized spacial score (nSPS) is 11.5. The van der Waals surface area contributed by atoms with Crippen LogP contribution in [0.5, 0.6) is 0 Å². The third kappa shape index (κ3) is 9.49. The first kappa shape index (κ1) is 36.3. The van der Waals surface area contributed by atoms with Gasteiger partial charge in [-0.1, -0.05) is 108 Å². The van der Waals surface area contributed by atoms with Crippen LogP contribution in [0.25, 0.3) is 5.32 Å². The summed E-state index contributed by atoms with van der Waals surface area (Å²) >= 11 is 6.22. The molecular formula is C42H34ClNNiO2P+. The smallest absolute Gasteiger partial charge is 0.653 e. The molecule has 0 saturated heterocycles. The average Bonchev–Trinajstić information content (AvgIpc) is 3.11. The van der Waals surface area contributed by atoms with Crippen molar-refractivity contribution >= 4 is 52.7 Å². The van der Waals surface area contributed by atoms with Crippen LogP contribution in [0.15, 0.2) is 169 Å². The minimum absolute atomic E-state index is 0. The van der Waals surface area contributed by atoms with Gasteiger partial charge >= 0.3 is 16.5 Å². The van der Waals surface area contributed by atoms with E-state index in [2.05, 4.69) is 102 Å². The first-order chi connectivity index (χ1) is 22.9. The fraction of sp³-hybridized carbons (Fsp3) is 0.0476. The van der Waals surface area contributed by atoms with Gasteiger partial charge in [0.2, 0.25) is 0 Å². The van der Waals surface area contributed by atoms with Gasteiger partial charge in [-0.3, -0.25) is 9.59 Å². The first-order valence-corrected chi connectivity index (χ1v) is 17.1. The number of aryl methyl sites for hydroxylation is 2. The minimum atomic E-state index is -0.877. The molecule has 0 amide bonds. The largest absolute Gasteiger partial charge is 2.00 e. The summed E-state index contributed by atoms with van der Waals surface area (Å²) in [7, 11) is -0.877. The number of Topliss-reactive ketones (excluding diaryl/α,β-unsaturated/α-hetero) is 1. The second-order valence-corrected chi connectivity index (χ2v) is 13.7. The predicted molar refractivity (Wildman–Crippen MR) is 199 cm³/mol. The van der Waals surface area contributed by atoms with Crippen LogP contribution >= 0.6 is 19.5 Å². The van der Waals surface area contributed by atoms with Crippen molar-refractivity contribution in [2.45, 2.75) is 13.8 Å². The SMILES string of the molecule is Cc1cc(C)c([N-]C2=CC(=O)c3ccccc3C2=O)c(Cl)c1.[Ni+2].[c-]1ccccc1.c1ccc([PH+](c2ccccc2)c2ccccc2)cc1. The van der Waals surface area contributed by atoms with Crippen LogP contribution in [0.2, 0.25) is 5.02 Å². The van der Waals surface area contributed by atoms with Crippen molar-refractivity contribution in [3.05, 3.63) is 208 Å². The molecule has 6 aromatic carbocycles. The van der Waals surface area contributed by atoms with E-state index in [1.165, 1.54) is 22.0 Å². The summed E-state index contributed by atoms with van der Waals surface area (Å²) in [5.74, 6) is -0.471. The van der Waals surface area contributed by atoms with Crippen molar-refractivity contribution in [2.24, 2.45) is 0 Å². The Morgan fingerprint density at radius 2 is 1.06 bits per heavy atom. The van der Waals surface area contributed by atoms with Crippen molar-refractivity contribution in [3.63, 3.8) is 0 Å². The number of fused-ring (bicyclic) bond motifs is 1. The van der Waals surface area contributed by atoms with Crippen LogP contribution in [0, 0.1) is 19.9 Å². The quantitative estimate of drug-likeness (QED) is 0.102. The number of rotatable bonds is 5. The van der Waals surface area contributed by atoms with Crippen LogP contribution in [-0.2, 0) is 16.5 Å². The van der Waals surface area contributed by atoms with E-state index >= 15 is 0 Å². The monoisotopic (exact) mass is 708 g/mol. The van der Waals surface area contributed by atoms with Gasteiger partial charge in [0.15, 0.2) is 11.6 Å². The molecular weight excluding hydrogens is 676 g/mol. The Kier molecular flexibility index (Phi) is 13.7. The van der Waals surface area contributed by atoms with E-state index in [-0.39, 0.29) is 33.8 Å². The van der Waals surface area contributed by atoms with E-state index in [0.717, 1.165) is 11.1 Å². The first-order valence-electron chi connectivity index (χ1n) is 15.2. The molecule has 0 radical (unpaired) electrons. The van der Waals surface area contributed by atoms with Crippen molar-refractivity contribution in [1.82, 2.24) is 0 Å². The Bertz CT molecular complexity index is 1820. The summed E-state index contributed by atoms with van der Waals surface area (Å²) in [6, 6.07) is 55.5. The number of allylic oxidation sites excluding steroid dienone is 2. The number of nitrogens with zero attached hydrogens (tertiary/aromatic N) is 1. The predicted octanol–water partition coefficient (Wildman–Crippen LogP) is 9.59. The number of carbonyl (C=O) groups is 2. The Balaban J connectivity index is 0.000000183. The van der Waals surface area contributed by atoms with Gasteiger partial charge in [0.05, 0.1) is 7.92 Å². The van der Waals surface area contributed by atoms with E-state index in [1.807, 2.05) is 50.2 Å². The number of ketones is 2. The number of hydrogen-bond acceptors (Lipinski definition) is 2. The molecule has 6 aromatic rings. The maximum absolute atomic E-state index is 12.5. The summed E-state index contributed by atoms with van der Waals surface area (Å²) in [5.41, 5.74) is 3.33. The third-order valence-corrected chi connectivity index (χ3v) is 10.4. The fourth-order valence-electron chi connectivity index (χ4n) is 5.21. The molecule has 6 heteroatoms. The van der Waals surface area contributed by atoms with Gasteiger partial charge in [-0.15, -0.1) is 5.69 Å². The van der Waals surface area contributed by atoms with Gasteiger partial charge in [-0.25, -0.2) is 0 Å². The molecule has 0 N–H and O–H groups in total. The molecule has 0 saturated carbocycles. The minimum Gasteiger partial charge on any atom is -0.653 e. The molecule has 0 fully saturated rings. The zero-order valence-corrected chi connectivity index (χ0v) is 29.3. The van der Waals surface area contributed by atoms with Crippen molar-refractivity contribution in [1.29, 1.82) is 0 Å². The van der Waals surface area contributed by atoms with Crippen LogP contribution in [0.4, 0.5) is 5.69 Å². The summed E-state index contributed by atoms with van der Waals surface area (Å²) in [6.07, 6.45) is 1.28. The van der Waals surface area contributed by atoms with Crippen LogP contribution in [0.1, 0.15) is 31.8 Å². The number of hydrogen-bond donors (Lipinski definition) is 0. The molecule has 7 rings (SSSR count). The molecule has 0 spiro atoms. The second kappa shape index (κ2) is 18.1. The van der Waals surface area contributed by atoms with Gasteiger partial charge in [-0.05, 0) is 68.0 Å². The topological polar surface area (TPSA) is 48.2 Å². The van der Waals surface area contributed by atoms with Gasteiger partial charge < -0.3 is 5.32 Å². The van der Waals surface area contributed by atoms with Crippen LogP contribution < -0.4 is 15.9 Å². The van der Waals surface area contributed by atoms with E-state index in [9.17, 15) is 9.59 Å². The maximum Gasteiger partial charge on any atom is 2.00 e. The van der Waals surface area contributed by atoms with Crippen molar-refractivity contribution < 1.29 is 26.1 Å². The summed E-state index contributed by atoms with van der Waals surface area (Å²) in [5, 5.41) is 9.12. The Labute approximate surface area is 299 Å². The molecule has 240 valence electrons. The molecule has 3 nitrogen and oxygen atoms in total. The number of halogens is 1. The van der Waals surface area contributed by atoms with E-state index in [0.29, 0.717) is 21.8 Å². The summed E-state index contributed by atoms with van der Waals surface area (Å²) < 4.78 is 0. The Morgan fingerprint density at radius 1 is 0.604 bits per heavy atom. The molecule has 1 aliphatic carbocycles. The van der Waals surface area contributed by atoms with Crippen LogP contribution in [0.3, 0.4) is 0 Å². The van der Waals surface area contributed by atoms with E-state index in [4.69, 9.17) is 11.6 Å². The molecule has 0 bridgehead atoms. The van der Waals surface area contributed by atoms with Crippen molar-refractivity contribution in [3.8, 4) is 0 Å². The third-order valence-electron chi connectivity index (χ3n) is 7.36. The Morgan fingerprint density at radius 3 is 1.50 bits per heavy atom. The average molecular weight is 710 g/mol. The Hall–Kier alpha value is -4.59. The molecule has 0 aliphatic heterocycles. The van der Waals surface area contributed by atoms with Gasteiger partial charge in [0, 0.05) is 16.1 Å². The summed E-state index contributed by atoms with van der Waals surface area (Å²) in [4.78, 5) is 24.6. The van der Waals surface area contributed by atoms with E-state index in [1.54, 1.807) is 30.3 Å². The van der Waals surface area contributed by atoms with Gasteiger partial charge in [0.1, 0.15) is 15.9 Å².